The van der Waals surface area contributed by atoms with Gasteiger partial charge in [-0.25, -0.2) is 9.78 Å². The van der Waals surface area contributed by atoms with Crippen LogP contribution in [0.2, 0.25) is 0 Å². The highest BCUT2D eigenvalue weighted by atomic mass is 16.4. The largest absolute Gasteiger partial charge is 0.508 e. The SMILES string of the molecule is CC[C@H](C)[C@H](NC(=O)[C@H](Cc1ccc(O)cc1)NC(=O)[C@@H](NC(=O)[C@@H](N)CCCN=C(N)N)C(C)C)C(=O)N[C@@H](Cc1cnc[nH]1)C(=O)N1CC[C@H]1C(=O)N[C@@H](Cc1ccccc1)C(=O)O. The second-order valence-corrected chi connectivity index (χ2v) is 16.9. The number of aliphatic carboxylic acids is 1. The number of carbonyl (C=O) groups is 7. The highest BCUT2D eigenvalue weighted by Crippen LogP contribution is 2.21. The Morgan fingerprint density at radius 3 is 2.00 bits per heavy atom. The molecular weight excluding hydrogens is 853 g/mol. The first kappa shape index (κ1) is 51.6. The average molecular weight is 917 g/mol. The Hall–Kier alpha value is -7.03. The van der Waals surface area contributed by atoms with Crippen molar-refractivity contribution in [3.63, 3.8) is 0 Å². The smallest absolute Gasteiger partial charge is 0.326 e. The first-order valence-electron chi connectivity index (χ1n) is 22.0. The van der Waals surface area contributed by atoms with Gasteiger partial charge in [0.1, 0.15) is 42.0 Å². The first-order chi connectivity index (χ1) is 31.4. The van der Waals surface area contributed by atoms with Crippen molar-refractivity contribution in [2.45, 2.75) is 115 Å². The van der Waals surface area contributed by atoms with E-state index in [1.165, 1.54) is 29.6 Å². The number of aromatic amines is 1. The molecule has 21 nitrogen and oxygen atoms in total. The quantitative estimate of drug-likeness (QED) is 0.0286. The molecule has 0 spiro atoms. The van der Waals surface area contributed by atoms with Crippen molar-refractivity contribution in [1.29, 1.82) is 0 Å². The zero-order chi connectivity index (χ0) is 48.5. The van der Waals surface area contributed by atoms with Crippen LogP contribution in [0.4, 0.5) is 0 Å². The summed E-state index contributed by atoms with van der Waals surface area (Å²) in [5.41, 5.74) is 18.6. The lowest BCUT2D eigenvalue weighted by Crippen LogP contribution is -2.65. The summed E-state index contributed by atoms with van der Waals surface area (Å²) >= 11 is 0. The summed E-state index contributed by atoms with van der Waals surface area (Å²) in [7, 11) is 0. The molecule has 0 saturated carbocycles. The lowest BCUT2D eigenvalue weighted by atomic mass is 9.95. The van der Waals surface area contributed by atoms with Crippen molar-refractivity contribution < 1.29 is 43.8 Å². The number of carbonyl (C=O) groups excluding carboxylic acids is 6. The number of aromatic nitrogens is 2. The minimum absolute atomic E-state index is 0.0218. The molecule has 66 heavy (non-hydrogen) atoms. The Balaban J connectivity index is 1.53. The van der Waals surface area contributed by atoms with Gasteiger partial charge in [0.25, 0.3) is 0 Å². The fourth-order valence-corrected chi connectivity index (χ4v) is 7.26. The molecule has 0 unspecified atom stereocenters. The van der Waals surface area contributed by atoms with Gasteiger partial charge in [0.05, 0.1) is 12.4 Å². The molecule has 21 heteroatoms. The fourth-order valence-electron chi connectivity index (χ4n) is 7.26. The lowest BCUT2D eigenvalue weighted by Gasteiger charge is -2.42. The highest BCUT2D eigenvalue weighted by molar-refractivity contribution is 5.98. The van der Waals surface area contributed by atoms with Crippen molar-refractivity contribution in [1.82, 2.24) is 41.5 Å². The maximum atomic E-state index is 14.4. The van der Waals surface area contributed by atoms with Gasteiger partial charge in [-0.2, -0.15) is 0 Å². The van der Waals surface area contributed by atoms with Gasteiger partial charge in [0.15, 0.2) is 5.96 Å². The number of aromatic hydroxyl groups is 1. The number of imidazole rings is 1. The monoisotopic (exact) mass is 916 g/mol. The third-order valence-electron chi connectivity index (χ3n) is 11.4. The van der Waals surface area contributed by atoms with Crippen molar-refractivity contribution >= 4 is 47.4 Å². The van der Waals surface area contributed by atoms with E-state index in [0.717, 1.165) is 0 Å². The maximum Gasteiger partial charge on any atom is 0.326 e. The molecule has 14 N–H and O–H groups in total. The zero-order valence-electron chi connectivity index (χ0n) is 37.7. The second kappa shape index (κ2) is 24.9. The van der Waals surface area contributed by atoms with Crippen molar-refractivity contribution in [3.05, 3.63) is 83.9 Å². The molecule has 0 bridgehead atoms. The Bertz CT molecular complexity index is 2130. The number of nitrogens with one attached hydrogen (secondary N) is 6. The molecule has 6 amide bonds. The second-order valence-electron chi connectivity index (χ2n) is 16.9. The van der Waals surface area contributed by atoms with Crippen LogP contribution in [0.15, 0.2) is 72.1 Å². The molecule has 1 aromatic heterocycles. The molecule has 0 aliphatic carbocycles. The van der Waals surface area contributed by atoms with Gasteiger partial charge in [-0.3, -0.25) is 33.8 Å². The van der Waals surface area contributed by atoms with E-state index in [-0.39, 0.29) is 56.9 Å². The van der Waals surface area contributed by atoms with Gasteiger partial charge in [0.2, 0.25) is 35.4 Å². The summed E-state index contributed by atoms with van der Waals surface area (Å²) < 4.78 is 0. The molecule has 2 aromatic carbocycles. The van der Waals surface area contributed by atoms with Crippen LogP contribution >= 0.6 is 0 Å². The third-order valence-corrected chi connectivity index (χ3v) is 11.4. The number of phenolic OH excluding ortho intramolecular Hbond substituents is 1. The van der Waals surface area contributed by atoms with Gasteiger partial charge in [-0.15, -0.1) is 0 Å². The van der Waals surface area contributed by atoms with Gasteiger partial charge in [0, 0.05) is 44.2 Å². The van der Waals surface area contributed by atoms with Gasteiger partial charge in [-0.05, 0) is 54.4 Å². The van der Waals surface area contributed by atoms with E-state index in [0.29, 0.717) is 29.7 Å². The van der Waals surface area contributed by atoms with E-state index < -0.39 is 95.5 Å². The molecule has 358 valence electrons. The molecule has 1 saturated heterocycles. The number of carboxylic acids is 1. The van der Waals surface area contributed by atoms with E-state index in [1.807, 2.05) is 6.92 Å². The summed E-state index contributed by atoms with van der Waals surface area (Å²) in [5.74, 6) is -6.33. The van der Waals surface area contributed by atoms with Crippen molar-refractivity contribution in [3.8, 4) is 5.75 Å². The summed E-state index contributed by atoms with van der Waals surface area (Å²) in [5, 5.41) is 33.4. The Labute approximate surface area is 383 Å². The molecule has 1 aliphatic rings. The number of carboxylic acid groups (broad SMARTS) is 1. The predicted octanol–water partition coefficient (Wildman–Crippen LogP) is -0.664. The normalized spacial score (nSPS) is 16.5. The van der Waals surface area contributed by atoms with Crippen molar-refractivity contribution in [2.75, 3.05) is 13.1 Å². The third kappa shape index (κ3) is 15.3. The zero-order valence-corrected chi connectivity index (χ0v) is 37.7. The van der Waals surface area contributed by atoms with E-state index in [1.54, 1.807) is 63.2 Å². The molecule has 1 fully saturated rings. The minimum atomic E-state index is -1.30. The van der Waals surface area contributed by atoms with Crippen LogP contribution in [0.1, 0.15) is 70.2 Å². The van der Waals surface area contributed by atoms with E-state index >= 15 is 0 Å². The van der Waals surface area contributed by atoms with Crippen LogP contribution in [-0.2, 0) is 52.8 Å². The Morgan fingerprint density at radius 1 is 0.803 bits per heavy atom. The molecule has 8 atom stereocenters. The van der Waals surface area contributed by atoms with Crippen LogP contribution in [0.3, 0.4) is 0 Å². The fraction of sp³-hybridized carbons (Fsp3) is 0.489. The van der Waals surface area contributed by atoms with E-state index in [2.05, 4.69) is 41.5 Å². The summed E-state index contributed by atoms with van der Waals surface area (Å²) in [6.07, 6.45) is 4.06. The highest BCUT2D eigenvalue weighted by Gasteiger charge is 2.43. The molecule has 2 heterocycles. The maximum absolute atomic E-state index is 14.4. The summed E-state index contributed by atoms with van der Waals surface area (Å²) in [6, 6.07) is 6.64. The van der Waals surface area contributed by atoms with Crippen LogP contribution < -0.4 is 43.8 Å². The number of hydrogen-bond donors (Lipinski definition) is 11. The predicted molar refractivity (Wildman–Crippen MR) is 244 cm³/mol. The molecule has 3 aromatic rings. The van der Waals surface area contributed by atoms with E-state index in [4.69, 9.17) is 17.2 Å². The van der Waals surface area contributed by atoms with Crippen molar-refractivity contribution in [2.24, 2.45) is 34.0 Å². The first-order valence-corrected chi connectivity index (χ1v) is 22.0. The van der Waals surface area contributed by atoms with Gasteiger partial charge < -0.3 is 63.9 Å². The average Bonchev–Trinajstić information content (AvgIpc) is 3.78. The number of H-pyrrole nitrogens is 1. The molecule has 0 radical (unpaired) electrons. The minimum Gasteiger partial charge on any atom is -0.508 e. The van der Waals surface area contributed by atoms with Crippen LogP contribution in [-0.4, -0.2) is 128 Å². The number of nitrogens with two attached hydrogens (primary N) is 3. The van der Waals surface area contributed by atoms with E-state index in [9.17, 15) is 43.8 Å². The Kier molecular flexibility index (Phi) is 19.4. The number of likely N-dealkylation sites (tertiary alicyclic amines) is 1. The van der Waals surface area contributed by atoms with Crippen LogP contribution in [0.5, 0.6) is 5.75 Å². The molecule has 1 aliphatic heterocycles. The van der Waals surface area contributed by atoms with Crippen LogP contribution in [0, 0.1) is 11.8 Å². The topological polar surface area (TPSA) is 342 Å². The Morgan fingerprint density at radius 2 is 1.42 bits per heavy atom. The number of amides is 6. The molecular formula is C45H64N12O9. The standard InChI is InChI=1S/C45H64N12O9/c1-5-26(4)37(56-39(60)32(20-28-13-15-30(58)16-14-28)52-41(62)36(25(2)3)55-38(59)31(46)12-9-18-50-45(47)48)42(63)53-33(22-29-23-49-24-51-29)43(64)57-19-17-35(57)40(61)54-34(44(65)66)21-27-10-7-6-8-11-27/h6-8,10-11,13-16,23-26,31-37,58H,5,9,12,17-22,46H2,1-4H3,(H,49,51)(H,52,62)(H,53,63)(H,54,61)(H,55,59)(H,56,60)(H,65,66)(H4,47,48,50)/t26-,31-,32-,33-,34-,35-,36-,37-/m0/s1. The van der Waals surface area contributed by atoms with Crippen LogP contribution in [0.25, 0.3) is 0 Å². The number of nitrogens with zero attached hydrogens (tertiary/aromatic N) is 3. The summed E-state index contributed by atoms with van der Waals surface area (Å²) in [6.45, 7) is 7.39. The van der Waals surface area contributed by atoms with Gasteiger partial charge in [-0.1, -0.05) is 76.6 Å². The van der Waals surface area contributed by atoms with Gasteiger partial charge >= 0.3 is 5.97 Å². The number of phenols is 1. The molecule has 4 rings (SSSR count). The number of rotatable bonds is 25. The number of benzene rings is 2. The number of guanidine groups is 1. The number of aliphatic imine (C=N–C) groups is 1. The summed E-state index contributed by atoms with van der Waals surface area (Å²) in [4.78, 5) is 108. The lowest BCUT2D eigenvalue weighted by molar-refractivity contribution is -0.151. The number of hydrogen-bond acceptors (Lipinski definition) is 11.